The molecule has 2 N–H and O–H groups in total. The van der Waals surface area contributed by atoms with Gasteiger partial charge in [0.25, 0.3) is 0 Å². The molecule has 3 nitrogen and oxygen atoms in total. The zero-order valence-corrected chi connectivity index (χ0v) is 7.95. The monoisotopic (exact) mass is 192 g/mol. The van der Waals surface area contributed by atoms with E-state index in [0.29, 0.717) is 12.0 Å². The first kappa shape index (κ1) is 9.06. The minimum atomic E-state index is -0.916. The Morgan fingerprint density at radius 1 is 1.50 bits per heavy atom. The molecule has 1 atom stereocenters. The Bertz CT molecular complexity index is 398. The second-order valence-electron chi connectivity index (χ2n) is 3.95. The van der Waals surface area contributed by atoms with Crippen molar-refractivity contribution in [3.05, 3.63) is 29.3 Å². The number of hydrogen-bond acceptors (Lipinski definition) is 2. The fraction of sp³-hybridized carbons (Fsp3) is 0.364. The summed E-state index contributed by atoms with van der Waals surface area (Å²) in [6, 6.07) is 5.18. The molecule has 74 valence electrons. The summed E-state index contributed by atoms with van der Waals surface area (Å²) in [6.07, 6.45) is 1.29. The van der Waals surface area contributed by atoms with E-state index in [1.54, 1.807) is 19.1 Å². The zero-order valence-electron chi connectivity index (χ0n) is 7.95. The van der Waals surface area contributed by atoms with Crippen molar-refractivity contribution in [2.45, 2.75) is 25.2 Å². The highest BCUT2D eigenvalue weighted by Crippen LogP contribution is 2.43. The van der Waals surface area contributed by atoms with Crippen molar-refractivity contribution in [1.29, 1.82) is 0 Å². The van der Waals surface area contributed by atoms with Gasteiger partial charge in [0.1, 0.15) is 5.75 Å². The first-order valence-corrected chi connectivity index (χ1v) is 4.60. The first-order chi connectivity index (χ1) is 6.55. The van der Waals surface area contributed by atoms with Crippen molar-refractivity contribution in [1.82, 2.24) is 0 Å². The maximum atomic E-state index is 11.1. The molecule has 1 aromatic carbocycles. The lowest BCUT2D eigenvalue weighted by Crippen LogP contribution is -2.29. The minimum absolute atomic E-state index is 0.102. The predicted octanol–water partition coefficient (Wildman–Crippen LogP) is 1.68. The van der Waals surface area contributed by atoms with Gasteiger partial charge in [-0.05, 0) is 31.4 Å². The number of phenolic OH excluding ortho intramolecular Hbond substituents is 1. The van der Waals surface area contributed by atoms with E-state index < -0.39 is 11.4 Å². The maximum Gasteiger partial charge on any atom is 0.313 e. The zero-order chi connectivity index (χ0) is 10.3. The number of fused-ring (bicyclic) bond motifs is 1. The third-order valence-corrected chi connectivity index (χ3v) is 3.05. The summed E-state index contributed by atoms with van der Waals surface area (Å²) in [5, 5.41) is 18.8. The van der Waals surface area contributed by atoms with E-state index in [4.69, 9.17) is 5.11 Å². The predicted molar refractivity (Wildman–Crippen MR) is 51.4 cm³/mol. The molecule has 0 radical (unpaired) electrons. The Morgan fingerprint density at radius 3 is 2.86 bits per heavy atom. The van der Waals surface area contributed by atoms with Crippen molar-refractivity contribution in [3.63, 3.8) is 0 Å². The van der Waals surface area contributed by atoms with E-state index in [1.165, 1.54) is 0 Å². The SMILES string of the molecule is CC1(C(=O)O)CCc2cccc(O)c21. The van der Waals surface area contributed by atoms with Gasteiger partial charge in [-0.3, -0.25) is 4.79 Å². The van der Waals surface area contributed by atoms with E-state index in [-0.39, 0.29) is 5.75 Å². The summed E-state index contributed by atoms with van der Waals surface area (Å²) >= 11 is 0. The van der Waals surface area contributed by atoms with Crippen LogP contribution in [0.15, 0.2) is 18.2 Å². The maximum absolute atomic E-state index is 11.1. The molecule has 0 fully saturated rings. The Balaban J connectivity index is 2.64. The van der Waals surface area contributed by atoms with Crippen LogP contribution in [0.1, 0.15) is 24.5 Å². The van der Waals surface area contributed by atoms with E-state index in [0.717, 1.165) is 12.0 Å². The first-order valence-electron chi connectivity index (χ1n) is 4.60. The number of hydrogen-bond donors (Lipinski definition) is 2. The molecule has 14 heavy (non-hydrogen) atoms. The fourth-order valence-electron chi connectivity index (χ4n) is 2.16. The van der Waals surface area contributed by atoms with Crippen molar-refractivity contribution in [3.8, 4) is 5.75 Å². The second-order valence-corrected chi connectivity index (χ2v) is 3.95. The molecule has 0 saturated heterocycles. The summed E-state index contributed by atoms with van der Waals surface area (Å²) in [5.41, 5.74) is 0.628. The van der Waals surface area contributed by atoms with Gasteiger partial charge in [-0.2, -0.15) is 0 Å². The van der Waals surface area contributed by atoms with Crippen LogP contribution in [-0.2, 0) is 16.6 Å². The molecule has 1 unspecified atom stereocenters. The number of benzene rings is 1. The summed E-state index contributed by atoms with van der Waals surface area (Å²) < 4.78 is 0. The molecule has 0 bridgehead atoms. The summed E-state index contributed by atoms with van der Waals surface area (Å²) in [6.45, 7) is 1.67. The average molecular weight is 192 g/mol. The van der Waals surface area contributed by atoms with Crippen LogP contribution in [0.3, 0.4) is 0 Å². The number of carboxylic acids is 1. The van der Waals surface area contributed by atoms with Gasteiger partial charge in [0, 0.05) is 5.56 Å². The molecule has 2 rings (SSSR count). The molecule has 0 aliphatic heterocycles. The highest BCUT2D eigenvalue weighted by atomic mass is 16.4. The Morgan fingerprint density at radius 2 is 2.21 bits per heavy atom. The number of aromatic hydroxyl groups is 1. The lowest BCUT2D eigenvalue weighted by atomic mass is 9.84. The van der Waals surface area contributed by atoms with Gasteiger partial charge in [-0.15, -0.1) is 0 Å². The van der Waals surface area contributed by atoms with E-state index in [1.807, 2.05) is 6.07 Å². The summed E-state index contributed by atoms with van der Waals surface area (Å²) in [5.74, 6) is -0.761. The molecule has 0 heterocycles. The summed E-state index contributed by atoms with van der Waals surface area (Å²) in [4.78, 5) is 11.1. The molecule has 0 spiro atoms. The van der Waals surface area contributed by atoms with Gasteiger partial charge in [-0.25, -0.2) is 0 Å². The van der Waals surface area contributed by atoms with Crippen molar-refractivity contribution < 1.29 is 15.0 Å². The highest BCUT2D eigenvalue weighted by molar-refractivity contribution is 5.83. The number of aliphatic carboxylic acids is 1. The van der Waals surface area contributed by atoms with Gasteiger partial charge < -0.3 is 10.2 Å². The quantitative estimate of drug-likeness (QED) is 0.711. The van der Waals surface area contributed by atoms with Gasteiger partial charge in [0.2, 0.25) is 0 Å². The number of carbonyl (C=O) groups is 1. The lowest BCUT2D eigenvalue weighted by Gasteiger charge is -2.20. The fourth-order valence-corrected chi connectivity index (χ4v) is 2.16. The Labute approximate surface area is 82.0 Å². The van der Waals surface area contributed by atoms with Crippen molar-refractivity contribution >= 4 is 5.97 Å². The van der Waals surface area contributed by atoms with Gasteiger partial charge in [-0.1, -0.05) is 12.1 Å². The smallest absolute Gasteiger partial charge is 0.313 e. The van der Waals surface area contributed by atoms with Crippen LogP contribution in [0.5, 0.6) is 5.75 Å². The molecule has 1 aliphatic carbocycles. The molecular weight excluding hydrogens is 180 g/mol. The lowest BCUT2D eigenvalue weighted by molar-refractivity contribution is -0.143. The van der Waals surface area contributed by atoms with Crippen molar-refractivity contribution in [2.75, 3.05) is 0 Å². The normalized spacial score (nSPS) is 24.6. The van der Waals surface area contributed by atoms with Crippen LogP contribution in [0.2, 0.25) is 0 Å². The Hall–Kier alpha value is -1.51. The third kappa shape index (κ3) is 1.02. The molecule has 1 aliphatic rings. The van der Waals surface area contributed by atoms with Crippen LogP contribution in [-0.4, -0.2) is 16.2 Å². The minimum Gasteiger partial charge on any atom is -0.508 e. The van der Waals surface area contributed by atoms with Gasteiger partial charge in [0.15, 0.2) is 0 Å². The number of rotatable bonds is 1. The van der Waals surface area contributed by atoms with Crippen LogP contribution in [0, 0.1) is 0 Å². The highest BCUT2D eigenvalue weighted by Gasteiger charge is 2.43. The molecular formula is C11H12O3. The standard InChI is InChI=1S/C11H12O3/c1-11(10(13)14)6-5-7-3-2-4-8(12)9(7)11/h2-4,12H,5-6H2,1H3,(H,13,14). The molecule has 3 heteroatoms. The second kappa shape index (κ2) is 2.74. The van der Waals surface area contributed by atoms with Crippen LogP contribution >= 0.6 is 0 Å². The van der Waals surface area contributed by atoms with Crippen LogP contribution in [0.4, 0.5) is 0 Å². The number of aryl methyl sites for hydroxylation is 1. The average Bonchev–Trinajstić information content (AvgIpc) is 2.47. The van der Waals surface area contributed by atoms with Gasteiger partial charge in [0.05, 0.1) is 5.41 Å². The topological polar surface area (TPSA) is 57.5 Å². The molecule has 0 saturated carbocycles. The largest absolute Gasteiger partial charge is 0.508 e. The molecule has 0 aromatic heterocycles. The Kier molecular flexibility index (Phi) is 1.77. The van der Waals surface area contributed by atoms with Crippen LogP contribution < -0.4 is 0 Å². The third-order valence-electron chi connectivity index (χ3n) is 3.05. The number of carboxylic acid groups (broad SMARTS) is 1. The van der Waals surface area contributed by atoms with Crippen molar-refractivity contribution in [2.24, 2.45) is 0 Å². The molecule has 0 amide bonds. The molecule has 1 aromatic rings. The van der Waals surface area contributed by atoms with Gasteiger partial charge >= 0.3 is 5.97 Å². The van der Waals surface area contributed by atoms with E-state index in [2.05, 4.69) is 0 Å². The number of phenols is 1. The summed E-state index contributed by atoms with van der Waals surface area (Å²) in [7, 11) is 0. The van der Waals surface area contributed by atoms with E-state index in [9.17, 15) is 9.90 Å². The van der Waals surface area contributed by atoms with E-state index >= 15 is 0 Å². The van der Waals surface area contributed by atoms with Crippen LogP contribution in [0.25, 0.3) is 0 Å².